The van der Waals surface area contributed by atoms with Gasteiger partial charge in [-0.1, -0.05) is 84.2 Å². The second kappa shape index (κ2) is 17.8. The number of nitrogens with one attached hydrogen (secondary N) is 4. The van der Waals surface area contributed by atoms with Gasteiger partial charge in [0.05, 0.1) is 18.6 Å². The summed E-state index contributed by atoms with van der Waals surface area (Å²) in [5.41, 5.74) is 1.32. The average molecular weight is 763 g/mol. The Morgan fingerprint density at radius 2 is 1.65 bits per heavy atom. The van der Waals surface area contributed by atoms with Crippen LogP contribution in [0.4, 0.5) is 9.59 Å². The van der Waals surface area contributed by atoms with Gasteiger partial charge in [-0.25, -0.2) is 9.59 Å². The van der Waals surface area contributed by atoms with Crippen molar-refractivity contribution >= 4 is 41.4 Å². The Labute approximate surface area is 323 Å². The number of Topliss-reactive ketones (excluding diaryl/α,β-unsaturated/α-hetero) is 2. The highest BCUT2D eigenvalue weighted by molar-refractivity contribution is 6.38. The Balaban J connectivity index is 1.36. The standard InChI is InChI=1S/C41H58N6O8/c1-7-18-42-37(51)34(49)30(20-25-11-10-12-25)43-36(50)31-21-29(55-40(54)46-19-17-26-13-8-9-14-28(26)22-46)23-47(31)38(52)35(41(4,5)6)45-39(53)44-32(24(2)3)33(48)27-15-16-27/h7-9,13-14,24-25,27,29-32,35H,1,10-12,15-23H2,2-6H3,(H,42,51)(H,43,50)(H2,44,45,53)/t29-,30?,31+,32+,35-/m1/s1. The molecule has 2 aliphatic carbocycles. The van der Waals surface area contributed by atoms with Crippen LogP contribution in [0.25, 0.3) is 0 Å². The van der Waals surface area contributed by atoms with Gasteiger partial charge in [-0.05, 0) is 54.1 Å². The van der Waals surface area contributed by atoms with Crippen LogP contribution < -0.4 is 21.3 Å². The Bertz CT molecular complexity index is 1650. The van der Waals surface area contributed by atoms with Crippen molar-refractivity contribution in [3.63, 3.8) is 0 Å². The normalized spacial score (nSPS) is 21.3. The number of carbonyl (C=O) groups is 7. The summed E-state index contributed by atoms with van der Waals surface area (Å²) in [6.07, 6.45) is 5.17. The minimum Gasteiger partial charge on any atom is -0.444 e. The number of amides is 6. The summed E-state index contributed by atoms with van der Waals surface area (Å²) < 4.78 is 5.97. The Hall–Kier alpha value is -4.75. The molecule has 14 nitrogen and oxygen atoms in total. The van der Waals surface area contributed by atoms with E-state index in [1.54, 1.807) is 25.7 Å². The molecule has 5 rings (SSSR count). The van der Waals surface area contributed by atoms with Gasteiger partial charge in [0.1, 0.15) is 18.2 Å². The number of urea groups is 1. The van der Waals surface area contributed by atoms with E-state index in [9.17, 15) is 33.6 Å². The Morgan fingerprint density at radius 3 is 2.25 bits per heavy atom. The predicted octanol–water partition coefficient (Wildman–Crippen LogP) is 3.41. The van der Waals surface area contributed by atoms with Crippen LogP contribution in [0.5, 0.6) is 0 Å². The second-order valence-electron chi connectivity index (χ2n) is 17.0. The first kappa shape index (κ1) is 41.4. The average Bonchev–Trinajstić information content (AvgIpc) is 3.90. The van der Waals surface area contributed by atoms with Crippen LogP contribution in [-0.2, 0) is 41.7 Å². The van der Waals surface area contributed by atoms with Gasteiger partial charge in [0.25, 0.3) is 5.91 Å². The molecule has 4 aliphatic rings. The van der Waals surface area contributed by atoms with E-state index in [4.69, 9.17) is 4.74 Å². The molecule has 2 aliphatic heterocycles. The number of likely N-dealkylation sites (tertiary alicyclic amines) is 1. The van der Waals surface area contributed by atoms with E-state index < -0.39 is 71.3 Å². The maximum atomic E-state index is 14.6. The van der Waals surface area contributed by atoms with E-state index in [2.05, 4.69) is 27.8 Å². The summed E-state index contributed by atoms with van der Waals surface area (Å²) in [5.74, 6) is -3.03. The van der Waals surface area contributed by atoms with Crippen LogP contribution in [0, 0.1) is 23.2 Å². The largest absolute Gasteiger partial charge is 0.444 e. The highest BCUT2D eigenvalue weighted by Crippen LogP contribution is 2.33. The topological polar surface area (TPSA) is 183 Å². The summed E-state index contributed by atoms with van der Waals surface area (Å²) in [7, 11) is 0. The maximum absolute atomic E-state index is 14.6. The molecule has 0 aromatic heterocycles. The van der Waals surface area contributed by atoms with Crippen LogP contribution >= 0.6 is 0 Å². The number of rotatable bonds is 15. The third-order valence-electron chi connectivity index (χ3n) is 11.2. The van der Waals surface area contributed by atoms with E-state index >= 15 is 0 Å². The number of benzene rings is 1. The van der Waals surface area contributed by atoms with Gasteiger partial charge in [0.2, 0.25) is 17.6 Å². The zero-order valence-corrected chi connectivity index (χ0v) is 32.9. The van der Waals surface area contributed by atoms with Crippen LogP contribution in [0.3, 0.4) is 0 Å². The molecule has 0 spiro atoms. The molecular formula is C41H58N6O8. The van der Waals surface area contributed by atoms with Crippen LogP contribution in [-0.4, -0.2) is 101 Å². The molecule has 1 saturated heterocycles. The Morgan fingerprint density at radius 1 is 0.964 bits per heavy atom. The van der Waals surface area contributed by atoms with Crippen molar-refractivity contribution in [2.75, 3.05) is 19.6 Å². The molecule has 1 unspecified atom stereocenters. The number of hydrogen-bond donors (Lipinski definition) is 4. The van der Waals surface area contributed by atoms with Crippen molar-refractivity contribution in [1.29, 1.82) is 0 Å². The molecule has 14 heteroatoms. The molecule has 0 radical (unpaired) electrons. The number of ether oxygens (including phenoxy) is 1. The number of nitrogens with zero attached hydrogens (tertiary/aromatic N) is 2. The number of hydrogen-bond acceptors (Lipinski definition) is 8. The van der Waals surface area contributed by atoms with Crippen LogP contribution in [0.2, 0.25) is 0 Å². The minimum atomic E-state index is -1.19. The summed E-state index contributed by atoms with van der Waals surface area (Å²) >= 11 is 0. The predicted molar refractivity (Wildman–Crippen MR) is 204 cm³/mol. The maximum Gasteiger partial charge on any atom is 0.410 e. The number of ketones is 2. The summed E-state index contributed by atoms with van der Waals surface area (Å²) in [6, 6.07) is 2.98. The lowest BCUT2D eigenvalue weighted by molar-refractivity contribution is -0.144. The first-order chi connectivity index (χ1) is 26.1. The molecule has 1 aromatic rings. The monoisotopic (exact) mass is 762 g/mol. The van der Waals surface area contributed by atoms with E-state index in [0.717, 1.165) is 43.2 Å². The Kier molecular flexibility index (Phi) is 13.4. The molecule has 3 fully saturated rings. The molecule has 55 heavy (non-hydrogen) atoms. The molecule has 0 bridgehead atoms. The molecule has 300 valence electrons. The molecule has 6 amide bonds. The lowest BCUT2D eigenvalue weighted by Crippen LogP contribution is -2.61. The minimum absolute atomic E-state index is 0.0360. The van der Waals surface area contributed by atoms with E-state index in [0.29, 0.717) is 19.5 Å². The first-order valence-corrected chi connectivity index (χ1v) is 19.7. The van der Waals surface area contributed by atoms with E-state index in [1.165, 1.54) is 11.0 Å². The zero-order valence-electron chi connectivity index (χ0n) is 32.9. The summed E-state index contributed by atoms with van der Waals surface area (Å²) in [4.78, 5) is 97.8. The fourth-order valence-corrected chi connectivity index (χ4v) is 7.53. The van der Waals surface area contributed by atoms with Gasteiger partial charge in [0.15, 0.2) is 5.78 Å². The zero-order chi connectivity index (χ0) is 40.0. The van der Waals surface area contributed by atoms with Gasteiger partial charge < -0.3 is 35.8 Å². The smallest absolute Gasteiger partial charge is 0.410 e. The van der Waals surface area contributed by atoms with Crippen LogP contribution in [0.15, 0.2) is 36.9 Å². The van der Waals surface area contributed by atoms with Gasteiger partial charge >= 0.3 is 12.1 Å². The fraction of sp³-hybridized carbons (Fsp3) is 0.634. The van der Waals surface area contributed by atoms with E-state index in [-0.39, 0.29) is 49.5 Å². The number of fused-ring (bicyclic) bond motifs is 1. The molecule has 1 aromatic carbocycles. The highest BCUT2D eigenvalue weighted by Gasteiger charge is 2.48. The van der Waals surface area contributed by atoms with Gasteiger partial charge in [0, 0.05) is 32.0 Å². The molecule has 4 N–H and O–H groups in total. The second-order valence-corrected chi connectivity index (χ2v) is 17.0. The highest BCUT2D eigenvalue weighted by atomic mass is 16.6. The lowest BCUT2D eigenvalue weighted by Gasteiger charge is -2.36. The quantitative estimate of drug-likeness (QED) is 0.155. The summed E-state index contributed by atoms with van der Waals surface area (Å²) in [6.45, 7) is 13.3. The van der Waals surface area contributed by atoms with Crippen molar-refractivity contribution in [2.45, 2.75) is 123 Å². The van der Waals surface area contributed by atoms with Crippen molar-refractivity contribution in [3.05, 3.63) is 48.0 Å². The molecular weight excluding hydrogens is 704 g/mol. The fourth-order valence-electron chi connectivity index (χ4n) is 7.53. The number of carbonyl (C=O) groups excluding carboxylic acids is 7. The van der Waals surface area contributed by atoms with Crippen molar-refractivity contribution in [3.8, 4) is 0 Å². The van der Waals surface area contributed by atoms with Crippen molar-refractivity contribution < 1.29 is 38.3 Å². The van der Waals surface area contributed by atoms with Crippen LogP contribution in [0.1, 0.15) is 90.7 Å². The molecule has 2 saturated carbocycles. The van der Waals surface area contributed by atoms with Gasteiger partial charge in [-0.15, -0.1) is 6.58 Å². The lowest BCUT2D eigenvalue weighted by atomic mass is 9.80. The van der Waals surface area contributed by atoms with Crippen molar-refractivity contribution in [2.24, 2.45) is 23.2 Å². The first-order valence-electron chi connectivity index (χ1n) is 19.7. The molecule has 5 atom stereocenters. The van der Waals surface area contributed by atoms with E-state index in [1.807, 2.05) is 38.1 Å². The van der Waals surface area contributed by atoms with Gasteiger partial charge in [-0.3, -0.25) is 24.0 Å². The summed E-state index contributed by atoms with van der Waals surface area (Å²) in [5, 5.41) is 10.8. The SMILES string of the molecule is C=CCNC(=O)C(=O)C(CC1CCC1)NC(=O)[C@@H]1C[C@@H](OC(=O)N2CCc3ccccc3C2)CN1C(=O)[C@@H](NC(=O)N[C@H](C(=O)C1CC1)C(C)C)C(C)(C)C. The third kappa shape index (κ3) is 10.5. The molecule has 2 heterocycles. The third-order valence-corrected chi connectivity index (χ3v) is 11.2. The van der Waals surface area contributed by atoms with Crippen molar-refractivity contribution in [1.82, 2.24) is 31.1 Å². The van der Waals surface area contributed by atoms with Gasteiger partial charge in [-0.2, -0.15) is 0 Å².